The fourth-order valence-electron chi connectivity index (χ4n) is 1.91. The average Bonchev–Trinajstić information content (AvgIpc) is 2.67. The highest BCUT2D eigenvalue weighted by Gasteiger charge is 2.36. The van der Waals surface area contributed by atoms with Gasteiger partial charge in [0.25, 0.3) is 17.5 Å². The average molecular weight is 299 g/mol. The predicted octanol–water partition coefficient (Wildman–Crippen LogP) is 1.45. The highest BCUT2D eigenvalue weighted by atomic mass is 35.5. The van der Waals surface area contributed by atoms with Gasteiger partial charge in [0, 0.05) is 18.0 Å². The van der Waals surface area contributed by atoms with Crippen molar-refractivity contribution < 1.29 is 19.2 Å². The standard InChI is InChI=1S/C12H11ClN2O5/c13-3-5-20-6-4-14-11(16)9-2-1-8(15(18)19)7-10(9)12(14)17/h1-2,7H,3-6H2. The zero-order valence-electron chi connectivity index (χ0n) is 10.4. The second-order valence-corrected chi connectivity index (χ2v) is 4.43. The highest BCUT2D eigenvalue weighted by Crippen LogP contribution is 2.26. The summed E-state index contributed by atoms with van der Waals surface area (Å²) in [6.07, 6.45) is 0. The van der Waals surface area contributed by atoms with Crippen molar-refractivity contribution in [1.29, 1.82) is 0 Å². The summed E-state index contributed by atoms with van der Waals surface area (Å²) in [4.78, 5) is 35.1. The van der Waals surface area contributed by atoms with Crippen LogP contribution in [0.25, 0.3) is 0 Å². The van der Waals surface area contributed by atoms with Gasteiger partial charge < -0.3 is 4.74 Å². The molecule has 0 aliphatic carbocycles. The minimum absolute atomic E-state index is 0.0570. The van der Waals surface area contributed by atoms with Crippen LogP contribution in [0, 0.1) is 10.1 Å². The summed E-state index contributed by atoms with van der Waals surface area (Å²) < 4.78 is 5.12. The van der Waals surface area contributed by atoms with Crippen molar-refractivity contribution in [3.05, 3.63) is 39.4 Å². The second kappa shape index (κ2) is 5.98. The normalized spacial score (nSPS) is 13.8. The number of hydrogen-bond donors (Lipinski definition) is 0. The fourth-order valence-corrected chi connectivity index (χ4v) is 2.02. The number of nitrogens with zero attached hydrogens (tertiary/aromatic N) is 2. The number of rotatable bonds is 6. The highest BCUT2D eigenvalue weighted by molar-refractivity contribution is 6.21. The molecule has 0 bridgehead atoms. The molecule has 1 aliphatic heterocycles. The van der Waals surface area contributed by atoms with Crippen LogP contribution in [-0.2, 0) is 4.74 Å². The van der Waals surface area contributed by atoms with Crippen molar-refractivity contribution >= 4 is 29.1 Å². The Bertz CT molecular complexity index is 575. The first-order chi connectivity index (χ1) is 9.56. The fraction of sp³-hybridized carbons (Fsp3) is 0.333. The molecule has 7 nitrogen and oxygen atoms in total. The van der Waals surface area contributed by atoms with Crippen LogP contribution in [-0.4, -0.2) is 47.3 Å². The van der Waals surface area contributed by atoms with E-state index in [1.54, 1.807) is 0 Å². The third-order valence-corrected chi connectivity index (χ3v) is 3.00. The van der Waals surface area contributed by atoms with Gasteiger partial charge in [0.2, 0.25) is 0 Å². The molecular weight excluding hydrogens is 288 g/mol. The first-order valence-corrected chi connectivity index (χ1v) is 6.38. The Balaban J connectivity index is 2.15. The number of ether oxygens (including phenoxy) is 1. The summed E-state index contributed by atoms with van der Waals surface area (Å²) in [5, 5.41) is 10.7. The van der Waals surface area contributed by atoms with Crippen molar-refractivity contribution in [2.24, 2.45) is 0 Å². The Labute approximate surface area is 119 Å². The molecule has 8 heteroatoms. The molecule has 0 aromatic heterocycles. The number of fused-ring (bicyclic) bond motifs is 1. The summed E-state index contributed by atoms with van der Waals surface area (Å²) >= 11 is 5.44. The molecule has 0 atom stereocenters. The van der Waals surface area contributed by atoms with E-state index in [-0.39, 0.29) is 30.0 Å². The van der Waals surface area contributed by atoms with Gasteiger partial charge in [-0.15, -0.1) is 11.6 Å². The molecular formula is C12H11ClN2O5. The van der Waals surface area contributed by atoms with Crippen LogP contribution in [0.5, 0.6) is 0 Å². The maximum atomic E-state index is 12.0. The molecule has 0 saturated heterocycles. The number of benzene rings is 1. The quantitative estimate of drug-likeness (QED) is 0.261. The van der Waals surface area contributed by atoms with E-state index < -0.39 is 16.7 Å². The van der Waals surface area contributed by atoms with Crippen LogP contribution in [0.3, 0.4) is 0 Å². The third kappa shape index (κ3) is 2.63. The van der Waals surface area contributed by atoms with Crippen molar-refractivity contribution in [2.45, 2.75) is 0 Å². The van der Waals surface area contributed by atoms with Crippen molar-refractivity contribution in [1.82, 2.24) is 4.90 Å². The van der Waals surface area contributed by atoms with Crippen molar-refractivity contribution in [3.8, 4) is 0 Å². The van der Waals surface area contributed by atoms with Gasteiger partial charge in [-0.2, -0.15) is 0 Å². The predicted molar refractivity (Wildman–Crippen MR) is 70.0 cm³/mol. The lowest BCUT2D eigenvalue weighted by molar-refractivity contribution is -0.384. The Morgan fingerprint density at radius 2 is 1.90 bits per heavy atom. The molecule has 1 aliphatic rings. The zero-order valence-corrected chi connectivity index (χ0v) is 11.1. The molecule has 0 radical (unpaired) electrons. The topological polar surface area (TPSA) is 89.8 Å². The molecule has 1 aromatic carbocycles. The van der Waals surface area contributed by atoms with Gasteiger partial charge in [-0.1, -0.05) is 0 Å². The minimum Gasteiger partial charge on any atom is -0.378 e. The number of amides is 2. The number of nitro benzene ring substituents is 1. The van der Waals surface area contributed by atoms with Gasteiger partial charge in [0.15, 0.2) is 0 Å². The lowest BCUT2D eigenvalue weighted by Gasteiger charge is -2.13. The lowest BCUT2D eigenvalue weighted by Crippen LogP contribution is -2.33. The Hall–Kier alpha value is -1.99. The molecule has 2 rings (SSSR count). The van der Waals surface area contributed by atoms with Crippen LogP contribution >= 0.6 is 11.6 Å². The first-order valence-electron chi connectivity index (χ1n) is 5.84. The van der Waals surface area contributed by atoms with Crippen LogP contribution in [0.1, 0.15) is 20.7 Å². The van der Waals surface area contributed by atoms with E-state index in [4.69, 9.17) is 16.3 Å². The van der Waals surface area contributed by atoms with E-state index in [9.17, 15) is 19.7 Å². The summed E-state index contributed by atoms with van der Waals surface area (Å²) in [7, 11) is 0. The Morgan fingerprint density at radius 3 is 2.55 bits per heavy atom. The van der Waals surface area contributed by atoms with Crippen LogP contribution in [0.15, 0.2) is 18.2 Å². The van der Waals surface area contributed by atoms with Crippen LogP contribution in [0.2, 0.25) is 0 Å². The van der Waals surface area contributed by atoms with Gasteiger partial charge in [0.1, 0.15) is 0 Å². The monoisotopic (exact) mass is 298 g/mol. The molecule has 0 spiro atoms. The maximum Gasteiger partial charge on any atom is 0.270 e. The van der Waals surface area contributed by atoms with E-state index in [0.29, 0.717) is 12.5 Å². The number of carbonyl (C=O) groups excluding carboxylic acids is 2. The number of nitro groups is 1. The van der Waals surface area contributed by atoms with E-state index in [2.05, 4.69) is 0 Å². The Kier molecular flexibility index (Phi) is 4.31. The van der Waals surface area contributed by atoms with Gasteiger partial charge >= 0.3 is 0 Å². The number of halogens is 1. The molecule has 106 valence electrons. The Morgan fingerprint density at radius 1 is 1.20 bits per heavy atom. The lowest BCUT2D eigenvalue weighted by atomic mass is 10.1. The molecule has 0 unspecified atom stereocenters. The third-order valence-electron chi connectivity index (χ3n) is 2.85. The number of non-ortho nitro benzene ring substituents is 1. The van der Waals surface area contributed by atoms with Crippen molar-refractivity contribution in [3.63, 3.8) is 0 Å². The summed E-state index contributed by atoms with van der Waals surface area (Å²) in [6.45, 7) is 0.605. The van der Waals surface area contributed by atoms with E-state index in [0.717, 1.165) is 11.0 Å². The smallest absolute Gasteiger partial charge is 0.270 e. The van der Waals surface area contributed by atoms with Gasteiger partial charge in [0.05, 0.1) is 35.8 Å². The zero-order chi connectivity index (χ0) is 14.7. The van der Waals surface area contributed by atoms with Gasteiger partial charge in [-0.3, -0.25) is 24.6 Å². The maximum absolute atomic E-state index is 12.0. The number of alkyl halides is 1. The summed E-state index contributed by atoms with van der Waals surface area (Å²) in [6, 6.07) is 3.63. The van der Waals surface area contributed by atoms with Gasteiger partial charge in [-0.05, 0) is 6.07 Å². The number of carbonyl (C=O) groups is 2. The molecule has 20 heavy (non-hydrogen) atoms. The van der Waals surface area contributed by atoms with Crippen LogP contribution < -0.4 is 0 Å². The largest absolute Gasteiger partial charge is 0.378 e. The summed E-state index contributed by atoms with van der Waals surface area (Å²) in [5.74, 6) is -0.675. The van der Waals surface area contributed by atoms with Gasteiger partial charge in [-0.25, -0.2) is 0 Å². The van der Waals surface area contributed by atoms with E-state index in [1.807, 2.05) is 0 Å². The number of imide groups is 1. The minimum atomic E-state index is -0.607. The number of hydrogen-bond acceptors (Lipinski definition) is 5. The van der Waals surface area contributed by atoms with Crippen molar-refractivity contribution in [2.75, 3.05) is 25.6 Å². The SMILES string of the molecule is O=C1c2ccc([N+](=O)[O-])cc2C(=O)N1CCOCCCl. The second-order valence-electron chi connectivity index (χ2n) is 4.05. The molecule has 0 saturated carbocycles. The van der Waals surface area contributed by atoms with E-state index >= 15 is 0 Å². The molecule has 0 N–H and O–H groups in total. The van der Waals surface area contributed by atoms with E-state index in [1.165, 1.54) is 12.1 Å². The molecule has 2 amide bonds. The summed E-state index contributed by atoms with van der Waals surface area (Å²) in [5.41, 5.74) is 0.0182. The first kappa shape index (κ1) is 14.4. The van der Waals surface area contributed by atoms with Crippen LogP contribution in [0.4, 0.5) is 5.69 Å². The molecule has 1 heterocycles. The molecule has 1 aromatic rings. The molecule has 0 fully saturated rings.